The molecule has 136 valence electrons. The quantitative estimate of drug-likeness (QED) is 0.599. The lowest BCUT2D eigenvalue weighted by Gasteiger charge is -2.40. The second-order valence-electron chi connectivity index (χ2n) is 7.57. The first-order valence-corrected chi connectivity index (χ1v) is 9.55. The first-order chi connectivity index (χ1) is 12.2. The number of hydrogen-bond acceptors (Lipinski definition) is 1. The molecule has 0 aromatic heterocycles. The standard InChI is InChI=1S/C23H28N2S/c1-14-10-16(3)21(17(4)11-14)24-9-8-20(7)25(23(24)26)22-18(5)12-15(2)13-19(22)6/h8,10-13H,9H2,1-7H3. The third kappa shape index (κ3) is 3.16. The topological polar surface area (TPSA) is 6.48 Å². The van der Waals surface area contributed by atoms with Gasteiger partial charge < -0.3 is 4.90 Å². The van der Waals surface area contributed by atoms with E-state index in [1.165, 1.54) is 50.5 Å². The number of aryl methyl sites for hydroxylation is 6. The number of thiocarbonyl (C=S) groups is 1. The summed E-state index contributed by atoms with van der Waals surface area (Å²) in [5.74, 6) is 0. The van der Waals surface area contributed by atoms with E-state index in [1.54, 1.807) is 0 Å². The Morgan fingerprint density at radius 2 is 1.12 bits per heavy atom. The fourth-order valence-corrected chi connectivity index (χ4v) is 4.65. The van der Waals surface area contributed by atoms with Crippen LogP contribution in [0.4, 0.5) is 11.4 Å². The molecule has 0 atom stereocenters. The van der Waals surface area contributed by atoms with Gasteiger partial charge in [0.15, 0.2) is 5.11 Å². The summed E-state index contributed by atoms with van der Waals surface area (Å²) in [6, 6.07) is 8.95. The summed E-state index contributed by atoms with van der Waals surface area (Å²) >= 11 is 6.00. The van der Waals surface area contributed by atoms with Crippen LogP contribution in [0.15, 0.2) is 36.0 Å². The molecular formula is C23H28N2S. The van der Waals surface area contributed by atoms with Gasteiger partial charge in [-0.05, 0) is 89.0 Å². The highest BCUT2D eigenvalue weighted by Crippen LogP contribution is 2.35. The number of hydrogen-bond donors (Lipinski definition) is 0. The molecule has 0 unspecified atom stereocenters. The predicted octanol–water partition coefficient (Wildman–Crippen LogP) is 6.05. The maximum absolute atomic E-state index is 6.00. The smallest absolute Gasteiger partial charge is 0.185 e. The Morgan fingerprint density at radius 3 is 1.58 bits per heavy atom. The molecule has 0 aliphatic carbocycles. The van der Waals surface area contributed by atoms with Crippen LogP contribution in [0.3, 0.4) is 0 Å². The van der Waals surface area contributed by atoms with Gasteiger partial charge in [-0.15, -0.1) is 0 Å². The van der Waals surface area contributed by atoms with Gasteiger partial charge in [-0.2, -0.15) is 0 Å². The number of nitrogens with zero attached hydrogens (tertiary/aromatic N) is 2. The first kappa shape index (κ1) is 18.7. The van der Waals surface area contributed by atoms with E-state index in [2.05, 4.69) is 88.6 Å². The van der Waals surface area contributed by atoms with Crippen molar-refractivity contribution in [2.75, 3.05) is 16.3 Å². The highest BCUT2D eigenvalue weighted by atomic mass is 32.1. The van der Waals surface area contributed by atoms with Crippen molar-refractivity contribution >= 4 is 28.7 Å². The van der Waals surface area contributed by atoms with Gasteiger partial charge in [0.2, 0.25) is 0 Å². The normalized spacial score (nSPS) is 14.7. The van der Waals surface area contributed by atoms with Crippen molar-refractivity contribution in [3.8, 4) is 0 Å². The van der Waals surface area contributed by atoms with Crippen molar-refractivity contribution < 1.29 is 0 Å². The van der Waals surface area contributed by atoms with Crippen molar-refractivity contribution in [2.24, 2.45) is 0 Å². The lowest BCUT2D eigenvalue weighted by Crippen LogP contribution is -2.47. The minimum absolute atomic E-state index is 0.815. The number of anilines is 2. The fraction of sp³-hybridized carbons (Fsp3) is 0.348. The molecule has 3 heteroatoms. The zero-order valence-corrected chi connectivity index (χ0v) is 17.7. The third-order valence-corrected chi connectivity index (χ3v) is 5.51. The van der Waals surface area contributed by atoms with Crippen LogP contribution < -0.4 is 9.80 Å². The van der Waals surface area contributed by atoms with Crippen LogP contribution in [0.1, 0.15) is 40.3 Å². The van der Waals surface area contributed by atoms with E-state index in [1.807, 2.05) is 0 Å². The second kappa shape index (κ2) is 6.88. The molecule has 1 aliphatic rings. The molecule has 0 spiro atoms. The van der Waals surface area contributed by atoms with Gasteiger partial charge in [0.25, 0.3) is 0 Å². The van der Waals surface area contributed by atoms with Crippen LogP contribution in [0.2, 0.25) is 0 Å². The minimum atomic E-state index is 0.815. The van der Waals surface area contributed by atoms with Crippen LogP contribution in [-0.4, -0.2) is 11.7 Å². The monoisotopic (exact) mass is 364 g/mol. The van der Waals surface area contributed by atoms with Crippen molar-refractivity contribution in [1.82, 2.24) is 0 Å². The molecule has 0 amide bonds. The molecule has 0 saturated carbocycles. The van der Waals surface area contributed by atoms with Crippen molar-refractivity contribution in [1.29, 1.82) is 0 Å². The molecule has 1 heterocycles. The molecule has 0 saturated heterocycles. The zero-order chi connectivity index (χ0) is 19.2. The summed E-state index contributed by atoms with van der Waals surface area (Å²) in [5, 5.41) is 0.857. The zero-order valence-electron chi connectivity index (χ0n) is 16.9. The molecule has 2 aromatic carbocycles. The molecule has 0 bridgehead atoms. The predicted molar refractivity (Wildman–Crippen MR) is 117 cm³/mol. The molecule has 0 N–H and O–H groups in total. The van der Waals surface area contributed by atoms with Gasteiger partial charge in [0.05, 0.1) is 5.69 Å². The van der Waals surface area contributed by atoms with Gasteiger partial charge in [-0.1, -0.05) is 35.4 Å². The van der Waals surface area contributed by atoms with E-state index in [0.717, 1.165) is 11.7 Å². The van der Waals surface area contributed by atoms with E-state index in [0.29, 0.717) is 0 Å². The molecule has 1 aliphatic heterocycles. The Balaban J connectivity index is 2.13. The second-order valence-corrected chi connectivity index (χ2v) is 7.93. The maximum Gasteiger partial charge on any atom is 0.185 e. The summed E-state index contributed by atoms with van der Waals surface area (Å²) in [5.41, 5.74) is 11.3. The van der Waals surface area contributed by atoms with Crippen LogP contribution >= 0.6 is 12.2 Å². The first-order valence-electron chi connectivity index (χ1n) is 9.14. The number of rotatable bonds is 2. The van der Waals surface area contributed by atoms with E-state index in [9.17, 15) is 0 Å². The molecule has 2 nitrogen and oxygen atoms in total. The number of benzene rings is 2. The van der Waals surface area contributed by atoms with Crippen LogP contribution in [0.25, 0.3) is 0 Å². The van der Waals surface area contributed by atoms with Crippen LogP contribution in [0, 0.1) is 41.5 Å². The van der Waals surface area contributed by atoms with Gasteiger partial charge >= 0.3 is 0 Å². The maximum atomic E-state index is 6.00. The summed E-state index contributed by atoms with van der Waals surface area (Å²) in [6.07, 6.45) is 2.27. The molecule has 0 fully saturated rings. The SMILES string of the molecule is CC1=CCN(c2c(C)cc(C)cc2C)C(=S)N1c1c(C)cc(C)cc1C. The van der Waals surface area contributed by atoms with E-state index >= 15 is 0 Å². The van der Waals surface area contributed by atoms with Crippen molar-refractivity contribution in [2.45, 2.75) is 48.5 Å². The van der Waals surface area contributed by atoms with Crippen molar-refractivity contribution in [3.63, 3.8) is 0 Å². The largest absolute Gasteiger partial charge is 0.314 e. The minimum Gasteiger partial charge on any atom is -0.314 e. The van der Waals surface area contributed by atoms with Gasteiger partial charge in [0, 0.05) is 17.9 Å². The Bertz CT molecular complexity index is 878. The lowest BCUT2D eigenvalue weighted by molar-refractivity contribution is 1.00. The van der Waals surface area contributed by atoms with Gasteiger partial charge in [-0.25, -0.2) is 0 Å². The average molecular weight is 365 g/mol. The summed E-state index contributed by atoms with van der Waals surface area (Å²) in [6.45, 7) is 16.0. The number of allylic oxidation sites excluding steroid dienone is 1. The highest BCUT2D eigenvalue weighted by Gasteiger charge is 2.28. The molecule has 26 heavy (non-hydrogen) atoms. The summed E-state index contributed by atoms with van der Waals surface area (Å²) < 4.78 is 0. The van der Waals surface area contributed by atoms with Gasteiger partial charge in [0.1, 0.15) is 0 Å². The van der Waals surface area contributed by atoms with Crippen LogP contribution in [-0.2, 0) is 0 Å². The molecule has 2 aromatic rings. The fourth-order valence-electron chi connectivity index (χ4n) is 4.25. The van der Waals surface area contributed by atoms with Crippen LogP contribution in [0.5, 0.6) is 0 Å². The highest BCUT2D eigenvalue weighted by molar-refractivity contribution is 7.80. The summed E-state index contributed by atoms with van der Waals surface area (Å²) in [7, 11) is 0. The Morgan fingerprint density at radius 1 is 0.692 bits per heavy atom. The average Bonchev–Trinajstić information content (AvgIpc) is 2.50. The van der Waals surface area contributed by atoms with Crippen molar-refractivity contribution in [3.05, 3.63) is 69.4 Å². The Labute approximate surface area is 163 Å². The summed E-state index contributed by atoms with van der Waals surface area (Å²) in [4.78, 5) is 4.51. The van der Waals surface area contributed by atoms with Gasteiger partial charge in [-0.3, -0.25) is 4.90 Å². The molecular weight excluding hydrogens is 336 g/mol. The van der Waals surface area contributed by atoms with E-state index in [4.69, 9.17) is 12.2 Å². The Kier molecular flexibility index (Phi) is 4.94. The van der Waals surface area contributed by atoms with E-state index in [-0.39, 0.29) is 0 Å². The lowest BCUT2D eigenvalue weighted by atomic mass is 10.0. The third-order valence-electron chi connectivity index (χ3n) is 5.11. The Hall–Kier alpha value is -2.13. The molecule has 3 rings (SSSR count). The molecule has 0 radical (unpaired) electrons. The van der Waals surface area contributed by atoms with E-state index < -0.39 is 0 Å².